The summed E-state index contributed by atoms with van der Waals surface area (Å²) in [7, 11) is 1.54. The molecule has 6 aromatic rings. The molecule has 0 aliphatic rings. The second-order valence-corrected chi connectivity index (χ2v) is 19.2. The monoisotopic (exact) mass is 798 g/mol. The Balaban J connectivity index is 0.000000225. The Morgan fingerprint density at radius 2 is 1.45 bits per heavy atom. The lowest BCUT2D eigenvalue weighted by atomic mass is 10.1. The summed E-state index contributed by atoms with van der Waals surface area (Å²) in [5.74, 6) is -0.927. The first-order valence-electron chi connectivity index (χ1n) is 17.5. The fourth-order valence-electron chi connectivity index (χ4n) is 5.28. The number of aromatic nitrogens is 8. The van der Waals surface area contributed by atoms with Crippen LogP contribution in [0.15, 0.2) is 61.2 Å². The third-order valence-electron chi connectivity index (χ3n) is 8.13. The van der Waals surface area contributed by atoms with E-state index in [1.165, 1.54) is 14.2 Å². The molecule has 0 aliphatic heterocycles. The predicted molar refractivity (Wildman–Crippen MR) is 205 cm³/mol. The van der Waals surface area contributed by atoms with E-state index in [0.717, 1.165) is 57.7 Å². The zero-order valence-electron chi connectivity index (χ0n) is 32.0. The number of H-pyrrole nitrogens is 1. The summed E-state index contributed by atoms with van der Waals surface area (Å²) in [6, 6.07) is 12.7. The lowest BCUT2D eigenvalue weighted by Crippen LogP contribution is -2.22. The van der Waals surface area contributed by atoms with Crippen molar-refractivity contribution in [2.45, 2.75) is 65.0 Å². The van der Waals surface area contributed by atoms with Crippen LogP contribution in [-0.4, -0.2) is 105 Å². The number of fused-ring (bicyclic) bond motifs is 2. The molecule has 0 bridgehead atoms. The first-order chi connectivity index (χ1) is 26.6. The highest BCUT2D eigenvalue weighted by Crippen LogP contribution is 2.28. The molecule has 0 spiro atoms. The van der Waals surface area contributed by atoms with Crippen LogP contribution >= 0.6 is 0 Å². The molecule has 2 aromatic carbocycles. The van der Waals surface area contributed by atoms with E-state index in [2.05, 4.69) is 52.1 Å². The van der Waals surface area contributed by atoms with Crippen molar-refractivity contribution in [3.63, 3.8) is 0 Å². The zero-order valence-corrected chi connectivity index (χ0v) is 33.0. The van der Waals surface area contributed by atoms with Gasteiger partial charge in [-0.25, -0.2) is 14.3 Å². The van der Waals surface area contributed by atoms with E-state index in [1.54, 1.807) is 15.6 Å². The van der Waals surface area contributed by atoms with Gasteiger partial charge < -0.3 is 19.3 Å². The average Bonchev–Trinajstić information content (AvgIpc) is 3.99. The Labute approximate surface area is 321 Å². The van der Waals surface area contributed by atoms with Gasteiger partial charge in [-0.1, -0.05) is 38.7 Å². The van der Waals surface area contributed by atoms with Crippen molar-refractivity contribution in [3.8, 4) is 22.3 Å². The van der Waals surface area contributed by atoms with Crippen LogP contribution in [0.1, 0.15) is 34.3 Å². The van der Waals surface area contributed by atoms with Gasteiger partial charge in [-0.05, 0) is 47.9 Å². The molecular formula is C37H45F3N8O7Si. The minimum absolute atomic E-state index is 0.0361. The molecule has 0 fully saturated rings. The summed E-state index contributed by atoms with van der Waals surface area (Å²) >= 11 is 0. The van der Waals surface area contributed by atoms with E-state index in [1.807, 2.05) is 59.7 Å². The number of aromatic amines is 1. The second kappa shape index (κ2) is 19.3. The van der Waals surface area contributed by atoms with Gasteiger partial charge in [0.25, 0.3) is 0 Å². The van der Waals surface area contributed by atoms with E-state index in [-0.39, 0.29) is 12.3 Å². The van der Waals surface area contributed by atoms with Gasteiger partial charge >= 0.3 is 18.1 Å². The largest absolute Gasteiger partial charge is 0.464 e. The number of aliphatic hydroxyl groups excluding tert-OH is 1. The average molecular weight is 799 g/mol. The SMILES string of the molecule is CCCn1cc(-c2ccc3c(c2)c(C(=O)OC)nn3COCC[Si](C)(C)C)cn1.COC(=O)c1n[nH]c2ccc(-c3cnn(CCO)c3)cc12.O=CC(F)(F)F. The standard InChI is InChI=1S/C21H30N4O3Si.C14H14N4O3.C2HF3O/c1-6-9-24-14-17(13-22-24)16-7-8-19-18(12-16)20(21(26)27-2)23-25(19)15-28-10-11-29(3,4)5;1-21-14(20)13-11-6-9(2-3-12(11)16-17-13)10-7-15-18(8-10)4-5-19;3-2(4,5)1-6/h7-8,12-14H,6,9-11,15H2,1-5H3;2-3,6-8,19H,4-5H2,1H3,(H,16,17);1H. The lowest BCUT2D eigenvalue weighted by molar-refractivity contribution is -0.156. The summed E-state index contributed by atoms with van der Waals surface area (Å²) < 4.78 is 52.1. The first-order valence-corrected chi connectivity index (χ1v) is 21.2. The third kappa shape index (κ3) is 11.7. The van der Waals surface area contributed by atoms with Crippen LogP contribution in [-0.2, 0) is 38.8 Å². The number of carbonyl (C=O) groups excluding carboxylic acids is 3. The van der Waals surface area contributed by atoms with Gasteiger partial charge in [-0.2, -0.15) is 33.6 Å². The van der Waals surface area contributed by atoms with Crippen LogP contribution in [0.3, 0.4) is 0 Å². The highest BCUT2D eigenvalue weighted by atomic mass is 28.3. The number of nitrogens with one attached hydrogen (secondary N) is 1. The molecule has 6 rings (SSSR count). The number of alkyl halides is 3. The number of carbonyl (C=O) groups is 3. The second-order valence-electron chi connectivity index (χ2n) is 13.6. The van der Waals surface area contributed by atoms with E-state index in [4.69, 9.17) is 24.1 Å². The molecule has 0 unspecified atom stereocenters. The lowest BCUT2D eigenvalue weighted by Gasteiger charge is -2.15. The van der Waals surface area contributed by atoms with Crippen molar-refractivity contribution in [2.75, 3.05) is 27.4 Å². The maximum atomic E-state index is 12.3. The molecular weight excluding hydrogens is 754 g/mol. The number of rotatable bonds is 13. The molecule has 300 valence electrons. The van der Waals surface area contributed by atoms with E-state index < -0.39 is 32.5 Å². The minimum Gasteiger partial charge on any atom is -0.464 e. The van der Waals surface area contributed by atoms with Crippen LogP contribution in [0.4, 0.5) is 13.2 Å². The quantitative estimate of drug-likeness (QED) is 0.0574. The number of aldehydes is 1. The van der Waals surface area contributed by atoms with Crippen LogP contribution in [0, 0.1) is 0 Å². The third-order valence-corrected chi connectivity index (χ3v) is 9.83. The molecule has 0 amide bonds. The number of benzene rings is 2. The van der Waals surface area contributed by atoms with E-state index in [0.29, 0.717) is 31.0 Å². The van der Waals surface area contributed by atoms with E-state index >= 15 is 0 Å². The molecule has 56 heavy (non-hydrogen) atoms. The molecule has 0 atom stereocenters. The Morgan fingerprint density at radius 3 is 2.00 bits per heavy atom. The molecule has 0 saturated carbocycles. The van der Waals surface area contributed by atoms with Crippen LogP contribution in [0.2, 0.25) is 25.7 Å². The number of methoxy groups -OCH3 is 2. The fourth-order valence-corrected chi connectivity index (χ4v) is 6.04. The summed E-state index contributed by atoms with van der Waals surface area (Å²) in [4.78, 5) is 32.7. The van der Waals surface area contributed by atoms with Gasteiger partial charge in [-0.3, -0.25) is 19.3 Å². The molecule has 0 radical (unpaired) electrons. The smallest absolute Gasteiger partial charge is 0.446 e. The normalized spacial score (nSPS) is 11.5. The van der Waals surface area contributed by atoms with Gasteiger partial charge in [0.1, 0.15) is 6.73 Å². The molecule has 4 aromatic heterocycles. The van der Waals surface area contributed by atoms with Crippen molar-refractivity contribution in [1.82, 2.24) is 39.5 Å². The number of nitrogens with zero attached hydrogens (tertiary/aromatic N) is 7. The number of aryl methyl sites for hydroxylation is 1. The first kappa shape index (κ1) is 43.1. The summed E-state index contributed by atoms with van der Waals surface area (Å²) in [5.41, 5.74) is 6.00. The molecule has 0 saturated heterocycles. The Hall–Kier alpha value is -5.66. The topological polar surface area (TPSA) is 181 Å². The van der Waals surface area contributed by atoms with Gasteiger partial charge in [0, 0.05) is 55.5 Å². The number of hydrogen-bond acceptors (Lipinski definition) is 11. The summed E-state index contributed by atoms with van der Waals surface area (Å²) in [5, 5.41) is 30.2. The Morgan fingerprint density at radius 1 is 0.875 bits per heavy atom. The number of halogens is 3. The highest BCUT2D eigenvalue weighted by molar-refractivity contribution is 6.76. The van der Waals surface area contributed by atoms with Gasteiger partial charge in [0.05, 0.1) is 50.8 Å². The van der Waals surface area contributed by atoms with Crippen molar-refractivity contribution in [2.24, 2.45) is 0 Å². The van der Waals surface area contributed by atoms with Crippen molar-refractivity contribution < 1.29 is 46.9 Å². The Bertz CT molecular complexity index is 2240. The van der Waals surface area contributed by atoms with Crippen LogP contribution in [0.25, 0.3) is 44.1 Å². The summed E-state index contributed by atoms with van der Waals surface area (Å²) in [6.07, 6.45) is 2.75. The summed E-state index contributed by atoms with van der Waals surface area (Å²) in [6.45, 7) is 11.4. The number of ether oxygens (including phenoxy) is 3. The van der Waals surface area contributed by atoms with E-state index in [9.17, 15) is 22.8 Å². The zero-order chi connectivity index (χ0) is 41.0. The van der Waals surface area contributed by atoms with Crippen molar-refractivity contribution in [1.29, 1.82) is 0 Å². The molecule has 15 nitrogen and oxygen atoms in total. The van der Waals surface area contributed by atoms with Crippen LogP contribution < -0.4 is 0 Å². The van der Waals surface area contributed by atoms with Gasteiger partial charge in [-0.15, -0.1) is 0 Å². The Kier molecular flexibility index (Phi) is 14.8. The molecule has 4 heterocycles. The van der Waals surface area contributed by atoms with Gasteiger partial charge in [0.2, 0.25) is 6.29 Å². The number of hydrogen-bond donors (Lipinski definition) is 2. The number of esters is 2. The molecule has 19 heteroatoms. The predicted octanol–water partition coefficient (Wildman–Crippen LogP) is 6.36. The highest BCUT2D eigenvalue weighted by Gasteiger charge is 2.25. The maximum Gasteiger partial charge on any atom is 0.446 e. The van der Waals surface area contributed by atoms with Crippen molar-refractivity contribution >= 4 is 48.1 Å². The molecule has 2 N–H and O–H groups in total. The van der Waals surface area contributed by atoms with Gasteiger partial charge in [0.15, 0.2) is 11.4 Å². The van der Waals surface area contributed by atoms with Crippen molar-refractivity contribution in [3.05, 3.63) is 72.6 Å². The number of aliphatic hydroxyl groups is 1. The fraction of sp³-hybridized carbons (Fsp3) is 0.378. The molecule has 0 aliphatic carbocycles. The minimum atomic E-state index is -4.64. The maximum absolute atomic E-state index is 12.3. The van der Waals surface area contributed by atoms with Crippen LogP contribution in [0.5, 0.6) is 0 Å².